The summed E-state index contributed by atoms with van der Waals surface area (Å²) in [6.07, 6.45) is 1.75. The Kier molecular flexibility index (Phi) is 4.28. The molecular formula is C16H15N5O2. The Balaban J connectivity index is 1.73. The Morgan fingerprint density at radius 1 is 1.17 bits per heavy atom. The van der Waals surface area contributed by atoms with E-state index in [4.69, 9.17) is 4.74 Å². The number of rotatable bonds is 5. The van der Waals surface area contributed by atoms with Crippen molar-refractivity contribution in [2.24, 2.45) is 0 Å². The lowest BCUT2D eigenvalue weighted by Gasteiger charge is -2.10. The molecule has 7 heteroatoms. The predicted octanol–water partition coefficient (Wildman–Crippen LogP) is 1.85. The molecule has 0 unspecified atom stereocenters. The molecular weight excluding hydrogens is 294 g/mol. The van der Waals surface area contributed by atoms with Crippen LogP contribution in [0.4, 0.5) is 5.69 Å². The number of hydrogen-bond acceptors (Lipinski definition) is 5. The van der Waals surface area contributed by atoms with Crippen molar-refractivity contribution in [2.45, 2.75) is 6.42 Å². The first-order valence-electron chi connectivity index (χ1n) is 7.01. The number of tetrazole rings is 1. The van der Waals surface area contributed by atoms with E-state index in [1.165, 1.54) is 11.0 Å². The van der Waals surface area contributed by atoms with Crippen molar-refractivity contribution in [3.05, 3.63) is 60.4 Å². The van der Waals surface area contributed by atoms with Gasteiger partial charge in [-0.15, -0.1) is 5.10 Å². The number of para-hydroxylation sites is 2. The number of ether oxygens (including phenoxy) is 1. The van der Waals surface area contributed by atoms with E-state index in [9.17, 15) is 4.79 Å². The molecule has 0 radical (unpaired) electrons. The first-order valence-corrected chi connectivity index (χ1v) is 7.01. The zero-order valence-corrected chi connectivity index (χ0v) is 12.5. The normalized spacial score (nSPS) is 10.3. The topological polar surface area (TPSA) is 81.9 Å². The summed E-state index contributed by atoms with van der Waals surface area (Å²) >= 11 is 0. The van der Waals surface area contributed by atoms with Crippen molar-refractivity contribution < 1.29 is 9.53 Å². The Morgan fingerprint density at radius 3 is 2.65 bits per heavy atom. The number of nitrogens with zero attached hydrogens (tertiary/aromatic N) is 4. The Morgan fingerprint density at radius 2 is 1.96 bits per heavy atom. The van der Waals surface area contributed by atoms with Crippen molar-refractivity contribution in [1.29, 1.82) is 0 Å². The highest BCUT2D eigenvalue weighted by Crippen LogP contribution is 2.19. The van der Waals surface area contributed by atoms with Crippen LogP contribution in [0.3, 0.4) is 0 Å². The number of hydrogen-bond donors (Lipinski definition) is 1. The van der Waals surface area contributed by atoms with E-state index >= 15 is 0 Å². The van der Waals surface area contributed by atoms with Crippen LogP contribution < -0.4 is 10.1 Å². The SMILES string of the molecule is COc1ccc(CC(=O)Nc2ccccc2-n2cnnn2)cc1. The average molecular weight is 309 g/mol. The van der Waals surface area contributed by atoms with Gasteiger partial charge in [0.2, 0.25) is 5.91 Å². The van der Waals surface area contributed by atoms with Gasteiger partial charge in [0, 0.05) is 0 Å². The van der Waals surface area contributed by atoms with Crippen LogP contribution in [-0.2, 0) is 11.2 Å². The molecule has 23 heavy (non-hydrogen) atoms. The third-order valence-corrected chi connectivity index (χ3v) is 3.30. The monoisotopic (exact) mass is 309 g/mol. The number of aromatic nitrogens is 4. The maximum atomic E-state index is 12.3. The number of nitrogens with one attached hydrogen (secondary N) is 1. The minimum absolute atomic E-state index is 0.115. The fourth-order valence-corrected chi connectivity index (χ4v) is 2.17. The average Bonchev–Trinajstić information content (AvgIpc) is 3.10. The molecule has 1 N–H and O–H groups in total. The smallest absolute Gasteiger partial charge is 0.228 e. The molecule has 0 saturated heterocycles. The molecule has 0 aliphatic rings. The summed E-state index contributed by atoms with van der Waals surface area (Å²) in [4.78, 5) is 12.3. The summed E-state index contributed by atoms with van der Waals surface area (Å²) in [5, 5.41) is 14.0. The second-order valence-electron chi connectivity index (χ2n) is 4.84. The lowest BCUT2D eigenvalue weighted by molar-refractivity contribution is -0.115. The van der Waals surface area contributed by atoms with E-state index < -0.39 is 0 Å². The number of anilines is 1. The van der Waals surface area contributed by atoms with E-state index in [-0.39, 0.29) is 12.3 Å². The van der Waals surface area contributed by atoms with Crippen LogP contribution in [0.15, 0.2) is 54.9 Å². The van der Waals surface area contributed by atoms with E-state index in [1.54, 1.807) is 7.11 Å². The van der Waals surface area contributed by atoms with E-state index in [0.717, 1.165) is 11.3 Å². The molecule has 3 aromatic rings. The second-order valence-corrected chi connectivity index (χ2v) is 4.84. The van der Waals surface area contributed by atoms with Crippen molar-refractivity contribution >= 4 is 11.6 Å². The highest BCUT2D eigenvalue weighted by Gasteiger charge is 2.09. The molecule has 7 nitrogen and oxygen atoms in total. The fourth-order valence-electron chi connectivity index (χ4n) is 2.17. The van der Waals surface area contributed by atoms with Gasteiger partial charge in [0.15, 0.2) is 0 Å². The molecule has 1 aromatic heterocycles. The number of amides is 1. The van der Waals surface area contributed by atoms with Crippen LogP contribution in [0.25, 0.3) is 5.69 Å². The molecule has 0 spiro atoms. The maximum absolute atomic E-state index is 12.3. The molecule has 0 aliphatic carbocycles. The highest BCUT2D eigenvalue weighted by atomic mass is 16.5. The summed E-state index contributed by atoms with van der Waals surface area (Å²) in [6.45, 7) is 0. The summed E-state index contributed by atoms with van der Waals surface area (Å²) in [5.74, 6) is 0.647. The fraction of sp³-hybridized carbons (Fsp3) is 0.125. The van der Waals surface area contributed by atoms with Gasteiger partial charge in [0.05, 0.1) is 24.9 Å². The maximum Gasteiger partial charge on any atom is 0.228 e. The summed E-state index contributed by atoms with van der Waals surface area (Å²) in [6, 6.07) is 14.7. The van der Waals surface area contributed by atoms with Crippen molar-refractivity contribution in [3.63, 3.8) is 0 Å². The quantitative estimate of drug-likeness (QED) is 0.778. The lowest BCUT2D eigenvalue weighted by Crippen LogP contribution is -2.16. The molecule has 1 heterocycles. The van der Waals surface area contributed by atoms with Crippen LogP contribution in [0.5, 0.6) is 5.75 Å². The Bertz CT molecular complexity index is 784. The summed E-state index contributed by atoms with van der Waals surface area (Å²) in [5.41, 5.74) is 2.27. The van der Waals surface area contributed by atoms with Gasteiger partial charge in [-0.1, -0.05) is 24.3 Å². The number of benzene rings is 2. The third kappa shape index (κ3) is 3.52. The minimum Gasteiger partial charge on any atom is -0.497 e. The molecule has 116 valence electrons. The predicted molar refractivity (Wildman–Crippen MR) is 84.5 cm³/mol. The van der Waals surface area contributed by atoms with Gasteiger partial charge in [-0.3, -0.25) is 4.79 Å². The Labute approximate surface area is 132 Å². The van der Waals surface area contributed by atoms with Crippen molar-refractivity contribution in [1.82, 2.24) is 20.2 Å². The van der Waals surface area contributed by atoms with Gasteiger partial charge in [-0.05, 0) is 40.3 Å². The van der Waals surface area contributed by atoms with E-state index in [1.807, 2.05) is 48.5 Å². The van der Waals surface area contributed by atoms with Crippen LogP contribution in [-0.4, -0.2) is 33.2 Å². The zero-order chi connectivity index (χ0) is 16.1. The van der Waals surface area contributed by atoms with Gasteiger partial charge in [-0.25, -0.2) is 0 Å². The molecule has 2 aromatic carbocycles. The van der Waals surface area contributed by atoms with Crippen LogP contribution in [0.2, 0.25) is 0 Å². The molecule has 0 bridgehead atoms. The van der Waals surface area contributed by atoms with Gasteiger partial charge in [0.1, 0.15) is 12.1 Å². The first kappa shape index (κ1) is 14.7. The first-order chi connectivity index (χ1) is 11.3. The van der Waals surface area contributed by atoms with Crippen LogP contribution in [0.1, 0.15) is 5.56 Å². The van der Waals surface area contributed by atoms with Crippen molar-refractivity contribution in [2.75, 3.05) is 12.4 Å². The standard InChI is InChI=1S/C16H15N5O2/c1-23-13-8-6-12(7-9-13)10-16(22)18-14-4-2-3-5-15(14)21-11-17-19-20-21/h2-9,11H,10H2,1H3,(H,18,22). The van der Waals surface area contributed by atoms with Crippen LogP contribution in [0, 0.1) is 0 Å². The molecule has 0 aliphatic heterocycles. The molecule has 3 rings (SSSR count). The molecule has 0 atom stereocenters. The summed E-state index contributed by atoms with van der Waals surface area (Å²) < 4.78 is 6.61. The Hall–Kier alpha value is -3.22. The minimum atomic E-state index is -0.115. The van der Waals surface area contributed by atoms with E-state index in [2.05, 4.69) is 20.8 Å². The number of carbonyl (C=O) groups is 1. The summed E-state index contributed by atoms with van der Waals surface area (Å²) in [7, 11) is 1.61. The molecule has 0 saturated carbocycles. The largest absolute Gasteiger partial charge is 0.497 e. The highest BCUT2D eigenvalue weighted by molar-refractivity contribution is 5.94. The number of methoxy groups -OCH3 is 1. The van der Waals surface area contributed by atoms with Gasteiger partial charge in [-0.2, -0.15) is 4.68 Å². The van der Waals surface area contributed by atoms with Crippen molar-refractivity contribution in [3.8, 4) is 11.4 Å². The van der Waals surface area contributed by atoms with Gasteiger partial charge < -0.3 is 10.1 Å². The van der Waals surface area contributed by atoms with E-state index in [0.29, 0.717) is 11.4 Å². The third-order valence-electron chi connectivity index (χ3n) is 3.30. The van der Waals surface area contributed by atoms with Gasteiger partial charge >= 0.3 is 0 Å². The zero-order valence-electron chi connectivity index (χ0n) is 12.5. The van der Waals surface area contributed by atoms with Crippen LogP contribution >= 0.6 is 0 Å². The number of carbonyl (C=O) groups excluding carboxylic acids is 1. The molecule has 0 fully saturated rings. The molecule has 1 amide bonds. The second kappa shape index (κ2) is 6.69. The lowest BCUT2D eigenvalue weighted by atomic mass is 10.1. The van der Waals surface area contributed by atoms with Gasteiger partial charge in [0.25, 0.3) is 0 Å².